The van der Waals surface area contributed by atoms with Crippen molar-refractivity contribution in [2.24, 2.45) is 11.1 Å². The summed E-state index contributed by atoms with van der Waals surface area (Å²) in [5.41, 5.74) is 10.1. The Morgan fingerprint density at radius 1 is 0.914 bits per heavy atom. The Labute approximate surface area is 205 Å². The molecule has 35 heavy (non-hydrogen) atoms. The summed E-state index contributed by atoms with van der Waals surface area (Å²) in [4.78, 5) is 31.8. The van der Waals surface area contributed by atoms with Gasteiger partial charge in [-0.25, -0.2) is 4.98 Å². The number of carbonyl (C=O) groups is 2. The summed E-state index contributed by atoms with van der Waals surface area (Å²) in [7, 11) is 0. The second-order valence-corrected chi connectivity index (χ2v) is 9.30. The Kier molecular flexibility index (Phi) is 6.19. The number of nitrogens with two attached hydrogens (primary N) is 1. The van der Waals surface area contributed by atoms with Crippen LogP contribution in [-0.4, -0.2) is 39.4 Å². The summed E-state index contributed by atoms with van der Waals surface area (Å²) in [6.45, 7) is 1.48. The Balaban J connectivity index is 1.30. The van der Waals surface area contributed by atoms with Gasteiger partial charge in [0.15, 0.2) is 0 Å². The molecule has 1 aliphatic heterocycles. The normalized spacial score (nSPS) is 17.4. The molecule has 6 heteroatoms. The minimum atomic E-state index is -0.766. The largest absolute Gasteiger partial charge is 0.369 e. The van der Waals surface area contributed by atoms with Crippen LogP contribution >= 0.6 is 0 Å². The fourth-order valence-electron chi connectivity index (χ4n) is 4.89. The minimum Gasteiger partial charge on any atom is -0.369 e. The van der Waals surface area contributed by atoms with Gasteiger partial charge in [0.25, 0.3) is 5.91 Å². The number of nitrogens with zero attached hydrogens (tertiary/aromatic N) is 3. The number of amides is 2. The molecule has 6 nitrogen and oxygen atoms in total. The van der Waals surface area contributed by atoms with E-state index in [4.69, 9.17) is 5.73 Å². The van der Waals surface area contributed by atoms with Crippen molar-refractivity contribution < 1.29 is 9.59 Å². The average molecular weight is 465 g/mol. The highest BCUT2D eigenvalue weighted by Crippen LogP contribution is 2.35. The first-order valence-electron chi connectivity index (χ1n) is 11.8. The molecule has 0 aliphatic carbocycles. The molecule has 176 valence electrons. The number of hydrogen-bond donors (Lipinski definition) is 1. The predicted octanol–water partition coefficient (Wildman–Crippen LogP) is 4.16. The Morgan fingerprint density at radius 3 is 2.40 bits per heavy atom. The van der Waals surface area contributed by atoms with Gasteiger partial charge >= 0.3 is 0 Å². The first kappa shape index (κ1) is 22.6. The van der Waals surface area contributed by atoms with Crippen LogP contribution in [0.2, 0.25) is 0 Å². The molecule has 3 aromatic carbocycles. The molecule has 0 unspecified atom stereocenters. The number of likely N-dealkylation sites (tertiary alicyclic amines) is 1. The van der Waals surface area contributed by atoms with Crippen LogP contribution in [0.25, 0.3) is 11.1 Å². The maximum atomic E-state index is 13.3. The van der Waals surface area contributed by atoms with Crippen LogP contribution in [0.5, 0.6) is 0 Å². The van der Waals surface area contributed by atoms with E-state index in [2.05, 4.69) is 41.4 Å². The van der Waals surface area contributed by atoms with E-state index in [9.17, 15) is 9.59 Å². The quantitative estimate of drug-likeness (QED) is 0.446. The third kappa shape index (κ3) is 4.87. The van der Waals surface area contributed by atoms with E-state index in [1.807, 2.05) is 53.2 Å². The molecule has 0 radical (unpaired) electrons. The van der Waals surface area contributed by atoms with E-state index in [0.29, 0.717) is 38.0 Å². The van der Waals surface area contributed by atoms with Gasteiger partial charge in [0, 0.05) is 37.6 Å². The third-order valence-corrected chi connectivity index (χ3v) is 6.87. The van der Waals surface area contributed by atoms with Gasteiger partial charge in [0.2, 0.25) is 5.91 Å². The van der Waals surface area contributed by atoms with Crippen LogP contribution in [0.4, 0.5) is 0 Å². The van der Waals surface area contributed by atoms with Gasteiger partial charge < -0.3 is 15.2 Å². The number of rotatable bonds is 7. The van der Waals surface area contributed by atoms with Crippen LogP contribution in [0.15, 0.2) is 97.6 Å². The molecule has 2 heterocycles. The lowest BCUT2D eigenvalue weighted by molar-refractivity contribution is -0.126. The highest BCUT2D eigenvalue weighted by molar-refractivity contribution is 5.95. The molecule has 0 spiro atoms. The molecule has 2 N–H and O–H groups in total. The first-order chi connectivity index (χ1) is 17.0. The van der Waals surface area contributed by atoms with Crippen LogP contribution in [0, 0.1) is 5.41 Å². The lowest BCUT2D eigenvalue weighted by Gasteiger charge is -2.26. The van der Waals surface area contributed by atoms with E-state index in [0.717, 1.165) is 22.3 Å². The molecule has 4 aromatic rings. The molecule has 1 atom stereocenters. The monoisotopic (exact) mass is 464 g/mol. The van der Waals surface area contributed by atoms with Crippen molar-refractivity contribution in [3.05, 3.63) is 114 Å². The molecular weight excluding hydrogens is 436 g/mol. The first-order valence-corrected chi connectivity index (χ1v) is 11.8. The van der Waals surface area contributed by atoms with Gasteiger partial charge in [-0.15, -0.1) is 0 Å². The molecule has 1 aromatic heterocycles. The van der Waals surface area contributed by atoms with Crippen molar-refractivity contribution in [1.29, 1.82) is 0 Å². The van der Waals surface area contributed by atoms with Crippen molar-refractivity contribution in [2.75, 3.05) is 13.1 Å². The highest BCUT2D eigenvalue weighted by Gasteiger charge is 2.44. The lowest BCUT2D eigenvalue weighted by Crippen LogP contribution is -2.42. The number of imidazole rings is 1. The molecule has 2 amide bonds. The number of benzene rings is 3. The predicted molar refractivity (Wildman–Crippen MR) is 136 cm³/mol. The second-order valence-electron chi connectivity index (χ2n) is 9.30. The van der Waals surface area contributed by atoms with Crippen LogP contribution in [-0.2, 0) is 17.8 Å². The summed E-state index contributed by atoms with van der Waals surface area (Å²) in [6, 6.07) is 26.1. The summed E-state index contributed by atoms with van der Waals surface area (Å²) >= 11 is 0. The van der Waals surface area contributed by atoms with Crippen molar-refractivity contribution >= 4 is 11.8 Å². The van der Waals surface area contributed by atoms with Crippen molar-refractivity contribution in [3.63, 3.8) is 0 Å². The Bertz CT molecular complexity index is 1320. The molecule has 0 saturated carbocycles. The lowest BCUT2D eigenvalue weighted by atomic mass is 9.80. The molecule has 1 aliphatic rings. The van der Waals surface area contributed by atoms with Gasteiger partial charge in [-0.2, -0.15) is 0 Å². The second kappa shape index (κ2) is 9.58. The third-order valence-electron chi connectivity index (χ3n) is 6.87. The average Bonchev–Trinajstić information content (AvgIpc) is 3.56. The van der Waals surface area contributed by atoms with Gasteiger partial charge in [-0.1, -0.05) is 66.7 Å². The SMILES string of the molecule is NC(=O)[C@]1(Cc2ccc(-c3ccccc3)cc2)CCN(C(=O)c2cccc(Cn3ccnc3)c2)C1. The number of carbonyl (C=O) groups excluding carboxylic acids is 2. The molecule has 1 fully saturated rings. The number of hydrogen-bond acceptors (Lipinski definition) is 3. The fraction of sp³-hybridized carbons (Fsp3) is 0.207. The van der Waals surface area contributed by atoms with E-state index < -0.39 is 5.41 Å². The summed E-state index contributed by atoms with van der Waals surface area (Å²) < 4.78 is 1.96. The molecular formula is C29H28N4O2. The number of primary amides is 1. The van der Waals surface area contributed by atoms with E-state index >= 15 is 0 Å². The van der Waals surface area contributed by atoms with Crippen LogP contribution in [0.1, 0.15) is 27.9 Å². The fourth-order valence-corrected chi connectivity index (χ4v) is 4.89. The maximum Gasteiger partial charge on any atom is 0.253 e. The highest BCUT2D eigenvalue weighted by atomic mass is 16.2. The Hall–Kier alpha value is -4.19. The maximum absolute atomic E-state index is 13.3. The van der Waals surface area contributed by atoms with Gasteiger partial charge in [0.05, 0.1) is 11.7 Å². The van der Waals surface area contributed by atoms with Crippen molar-refractivity contribution in [3.8, 4) is 11.1 Å². The summed E-state index contributed by atoms with van der Waals surface area (Å²) in [5, 5.41) is 0. The van der Waals surface area contributed by atoms with Crippen molar-refractivity contribution in [1.82, 2.24) is 14.5 Å². The minimum absolute atomic E-state index is 0.0694. The van der Waals surface area contributed by atoms with Gasteiger partial charge in [0.1, 0.15) is 0 Å². The summed E-state index contributed by atoms with van der Waals surface area (Å²) in [6.07, 6.45) is 6.45. The molecule has 0 bridgehead atoms. The van der Waals surface area contributed by atoms with E-state index in [-0.39, 0.29) is 11.8 Å². The van der Waals surface area contributed by atoms with Gasteiger partial charge in [-0.3, -0.25) is 9.59 Å². The summed E-state index contributed by atoms with van der Waals surface area (Å²) in [5.74, 6) is -0.422. The van der Waals surface area contributed by atoms with Gasteiger partial charge in [-0.05, 0) is 47.2 Å². The van der Waals surface area contributed by atoms with Crippen LogP contribution in [0.3, 0.4) is 0 Å². The molecule has 5 rings (SSSR count). The molecule has 1 saturated heterocycles. The van der Waals surface area contributed by atoms with E-state index in [1.54, 1.807) is 17.4 Å². The van der Waals surface area contributed by atoms with E-state index in [1.165, 1.54) is 0 Å². The smallest absolute Gasteiger partial charge is 0.253 e. The topological polar surface area (TPSA) is 81.2 Å². The van der Waals surface area contributed by atoms with Crippen LogP contribution < -0.4 is 5.73 Å². The van der Waals surface area contributed by atoms with Crippen molar-refractivity contribution in [2.45, 2.75) is 19.4 Å². The standard InChI is InChI=1S/C29H28N4O2/c30-28(35)29(18-22-9-11-25(12-10-22)24-6-2-1-3-7-24)13-15-33(20-29)27(34)26-8-4-5-23(17-26)19-32-16-14-31-21-32/h1-12,14,16-17,21H,13,15,18-20H2,(H2,30,35)/t29-/m0/s1. The Morgan fingerprint density at radius 2 is 1.69 bits per heavy atom. The zero-order valence-corrected chi connectivity index (χ0v) is 19.5. The number of aromatic nitrogens is 2. The zero-order chi connectivity index (χ0) is 24.3. The zero-order valence-electron chi connectivity index (χ0n) is 19.5.